The van der Waals surface area contributed by atoms with Crippen molar-refractivity contribution in [1.29, 1.82) is 0 Å². The molecule has 2 aliphatic rings. The number of aromatic hydroxyl groups is 1. The number of aromatic nitrogens is 1. The van der Waals surface area contributed by atoms with E-state index in [-0.39, 0.29) is 17.8 Å². The molecule has 2 saturated heterocycles. The van der Waals surface area contributed by atoms with Gasteiger partial charge in [0.25, 0.3) is 0 Å². The van der Waals surface area contributed by atoms with E-state index in [1.165, 1.54) is 6.08 Å². The smallest absolute Gasteiger partial charge is 0.243 e. The first kappa shape index (κ1) is 27.3. The van der Waals surface area contributed by atoms with Gasteiger partial charge in [-0.15, -0.1) is 0 Å². The maximum atomic E-state index is 10.2. The van der Waals surface area contributed by atoms with Gasteiger partial charge in [0.15, 0.2) is 0 Å². The van der Waals surface area contributed by atoms with Crippen LogP contribution in [0.3, 0.4) is 0 Å². The second kappa shape index (κ2) is 13.7. The van der Waals surface area contributed by atoms with Crippen molar-refractivity contribution in [1.82, 2.24) is 10.3 Å². The van der Waals surface area contributed by atoms with Gasteiger partial charge in [-0.05, 0) is 55.5 Å². The molecule has 1 aromatic carbocycles. The molecule has 0 saturated carbocycles. The van der Waals surface area contributed by atoms with Crippen LogP contribution in [0.2, 0.25) is 0 Å². The van der Waals surface area contributed by atoms with Crippen molar-refractivity contribution in [3.05, 3.63) is 59.3 Å². The van der Waals surface area contributed by atoms with Crippen LogP contribution in [0.4, 0.5) is 5.82 Å². The van der Waals surface area contributed by atoms with E-state index >= 15 is 0 Å². The van der Waals surface area contributed by atoms with Gasteiger partial charge in [0.2, 0.25) is 5.91 Å². The third-order valence-electron chi connectivity index (χ3n) is 6.38. The number of phenols is 1. The summed E-state index contributed by atoms with van der Waals surface area (Å²) in [6.07, 6.45) is 6.84. The molecule has 1 unspecified atom stereocenters. The second-order valence-electron chi connectivity index (χ2n) is 8.77. The van der Waals surface area contributed by atoms with Crippen LogP contribution < -0.4 is 16.8 Å². The molecular formula is C27H38N4O5. The van der Waals surface area contributed by atoms with Gasteiger partial charge in [0.05, 0.1) is 19.3 Å². The molecule has 2 aliphatic heterocycles. The largest absolute Gasteiger partial charge is 0.507 e. The number of likely N-dealkylation sites (N-methyl/N-ethyl adjacent to an activating group) is 1. The van der Waals surface area contributed by atoms with Crippen molar-refractivity contribution in [3.8, 4) is 5.75 Å². The van der Waals surface area contributed by atoms with E-state index in [0.717, 1.165) is 62.3 Å². The Morgan fingerprint density at radius 2 is 1.97 bits per heavy atom. The Hall–Kier alpha value is -3.27. The zero-order valence-electron chi connectivity index (χ0n) is 20.9. The van der Waals surface area contributed by atoms with E-state index in [1.54, 1.807) is 25.2 Å². The number of nitrogen functional groups attached to an aromatic ring is 1. The molecule has 7 N–H and O–H groups in total. The topological polar surface area (TPSA) is 145 Å². The number of aromatic amines is 1. The highest BCUT2D eigenvalue weighted by molar-refractivity contribution is 5.86. The molecule has 4 rings (SSSR count). The van der Waals surface area contributed by atoms with Gasteiger partial charge in [0, 0.05) is 55.3 Å². The minimum absolute atomic E-state index is 0.144. The molecular weight excluding hydrogens is 460 g/mol. The lowest BCUT2D eigenvalue weighted by molar-refractivity contribution is -0.116. The summed E-state index contributed by atoms with van der Waals surface area (Å²) in [7, 11) is 1.56. The Kier molecular flexibility index (Phi) is 10.4. The Labute approximate surface area is 212 Å². The number of phenolic OH excluding ortho intramolecular Hbond substituents is 1. The van der Waals surface area contributed by atoms with Crippen molar-refractivity contribution >= 4 is 23.5 Å². The molecule has 0 radical (unpaired) electrons. The lowest BCUT2D eigenvalue weighted by Crippen LogP contribution is -2.17. The summed E-state index contributed by atoms with van der Waals surface area (Å²) < 4.78 is 17.0. The van der Waals surface area contributed by atoms with Crippen molar-refractivity contribution in [2.75, 3.05) is 45.8 Å². The lowest BCUT2D eigenvalue weighted by Gasteiger charge is -2.23. The summed E-state index contributed by atoms with van der Waals surface area (Å²) in [5.41, 5.74) is 17.0. The zero-order chi connectivity index (χ0) is 25.9. The van der Waals surface area contributed by atoms with Crippen LogP contribution >= 0.6 is 0 Å². The number of amides is 1. The number of para-hydroxylation sites is 1. The molecule has 36 heavy (non-hydrogen) atoms. The normalized spacial score (nSPS) is 18.4. The maximum absolute atomic E-state index is 10.2. The van der Waals surface area contributed by atoms with Crippen LogP contribution in [-0.4, -0.2) is 62.2 Å². The maximum Gasteiger partial charge on any atom is 0.243 e. The van der Waals surface area contributed by atoms with Crippen molar-refractivity contribution in [2.24, 2.45) is 5.73 Å². The van der Waals surface area contributed by atoms with Crippen LogP contribution in [-0.2, 0) is 25.4 Å². The number of carbonyl (C=O) groups is 1. The number of carbonyl (C=O) groups excluding carboxylic acids is 1. The molecule has 1 amide bonds. The van der Waals surface area contributed by atoms with Crippen molar-refractivity contribution < 1.29 is 24.1 Å². The van der Waals surface area contributed by atoms with Crippen molar-refractivity contribution in [3.63, 3.8) is 0 Å². The van der Waals surface area contributed by atoms with Gasteiger partial charge in [0.1, 0.15) is 11.6 Å². The summed E-state index contributed by atoms with van der Waals surface area (Å²) >= 11 is 0. The minimum atomic E-state index is -0.144. The molecule has 9 heteroatoms. The van der Waals surface area contributed by atoms with Crippen molar-refractivity contribution in [2.45, 2.75) is 37.7 Å². The molecule has 0 spiro atoms. The third kappa shape index (κ3) is 7.36. The van der Waals surface area contributed by atoms with Gasteiger partial charge in [-0.3, -0.25) is 4.79 Å². The average molecular weight is 499 g/mol. The number of rotatable bonds is 8. The molecule has 2 fully saturated rings. The number of H-pyrrole nitrogens is 1. The Morgan fingerprint density at radius 3 is 2.58 bits per heavy atom. The molecule has 1 atom stereocenters. The van der Waals surface area contributed by atoms with Crippen LogP contribution in [0.1, 0.15) is 47.6 Å². The third-order valence-corrected chi connectivity index (χ3v) is 6.38. The predicted octanol–water partition coefficient (Wildman–Crippen LogP) is 2.92. The first-order valence-electron chi connectivity index (χ1n) is 12.3. The monoisotopic (exact) mass is 498 g/mol. The quantitative estimate of drug-likeness (QED) is 0.352. The number of nitrogens with two attached hydrogens (primary N) is 2. The van der Waals surface area contributed by atoms with E-state index in [9.17, 15) is 9.90 Å². The fourth-order valence-corrected chi connectivity index (χ4v) is 4.39. The standard InChI is InChI=1S/C23H31N3O4.C4H7NO/c24-20(18-3-1-2-4-21(18)27)13-19-17(8-12-30-16-7-11-29-14-16)22(26-23(19)25)15-5-9-28-10-6-15;1-3-4(6)5-2/h1-4,13,15-16,26-27H,5-12,14,24-25H2;3H,1H2,2H3,(H,5,6)/b20-13-;. The molecule has 0 aliphatic carbocycles. The van der Waals surface area contributed by atoms with Gasteiger partial charge >= 0.3 is 0 Å². The van der Waals surface area contributed by atoms with Crippen LogP contribution in [0, 0.1) is 0 Å². The first-order valence-corrected chi connectivity index (χ1v) is 12.3. The van der Waals surface area contributed by atoms with Crippen LogP contribution in [0.25, 0.3) is 11.8 Å². The van der Waals surface area contributed by atoms with E-state index < -0.39 is 0 Å². The minimum Gasteiger partial charge on any atom is -0.507 e. The Bertz CT molecular complexity index is 1040. The molecule has 1 aromatic heterocycles. The molecule has 2 aromatic rings. The number of hydrogen-bond acceptors (Lipinski definition) is 7. The molecule has 3 heterocycles. The highest BCUT2D eigenvalue weighted by Crippen LogP contribution is 2.35. The number of nitrogens with one attached hydrogen (secondary N) is 2. The Morgan fingerprint density at radius 1 is 1.25 bits per heavy atom. The van der Waals surface area contributed by atoms with Gasteiger partial charge < -0.3 is 41.1 Å². The molecule has 9 nitrogen and oxygen atoms in total. The summed E-state index contributed by atoms with van der Waals surface area (Å²) in [5.74, 6) is 0.972. The average Bonchev–Trinajstić information content (AvgIpc) is 3.53. The molecule has 196 valence electrons. The first-order chi connectivity index (χ1) is 17.4. The summed E-state index contributed by atoms with van der Waals surface area (Å²) in [6.45, 7) is 6.75. The highest BCUT2D eigenvalue weighted by atomic mass is 16.5. The number of ether oxygens (including phenoxy) is 3. The molecule has 0 bridgehead atoms. The van der Waals surface area contributed by atoms with Gasteiger partial charge in [-0.25, -0.2) is 0 Å². The number of anilines is 1. The highest BCUT2D eigenvalue weighted by Gasteiger charge is 2.25. The number of benzene rings is 1. The van der Waals surface area contributed by atoms with E-state index in [0.29, 0.717) is 36.2 Å². The summed E-state index contributed by atoms with van der Waals surface area (Å²) in [5, 5.41) is 12.5. The lowest BCUT2D eigenvalue weighted by atomic mass is 9.91. The Balaban J connectivity index is 0.000000538. The zero-order valence-corrected chi connectivity index (χ0v) is 20.9. The van der Waals surface area contributed by atoms with E-state index in [2.05, 4.69) is 16.9 Å². The van der Waals surface area contributed by atoms with Gasteiger partial charge in [-0.2, -0.15) is 0 Å². The van der Waals surface area contributed by atoms with Crippen LogP contribution in [0.15, 0.2) is 36.9 Å². The SMILES string of the molecule is C=CC(=O)NC.N/C(=C\c1c(N)[nH]c(C2CCOCC2)c1CCOC1CCOC1)c1ccccc1O. The predicted molar refractivity (Wildman–Crippen MR) is 141 cm³/mol. The van der Waals surface area contributed by atoms with E-state index in [1.807, 2.05) is 12.1 Å². The van der Waals surface area contributed by atoms with E-state index in [4.69, 9.17) is 25.7 Å². The summed E-state index contributed by atoms with van der Waals surface area (Å²) in [4.78, 5) is 13.4. The van der Waals surface area contributed by atoms with Crippen LogP contribution in [0.5, 0.6) is 5.75 Å². The summed E-state index contributed by atoms with van der Waals surface area (Å²) in [6, 6.07) is 7.05. The number of hydrogen-bond donors (Lipinski definition) is 5. The second-order valence-corrected chi connectivity index (χ2v) is 8.77. The fraction of sp³-hybridized carbons (Fsp3) is 0.444. The van der Waals surface area contributed by atoms with Gasteiger partial charge in [-0.1, -0.05) is 18.7 Å². The fourth-order valence-electron chi connectivity index (χ4n) is 4.39.